The Kier molecular flexibility index (Phi) is 2.77. The van der Waals surface area contributed by atoms with E-state index in [4.69, 9.17) is 5.11 Å². The lowest BCUT2D eigenvalue weighted by molar-refractivity contribution is -0.132. The molecule has 0 unspecified atom stereocenters. The highest BCUT2D eigenvalue weighted by Crippen LogP contribution is 1.91. The minimum Gasteiger partial charge on any atom is -0.463 e. The van der Waals surface area contributed by atoms with Crippen LogP contribution < -0.4 is 0 Å². The maximum absolute atomic E-state index is 10.0. The lowest BCUT2D eigenvalue weighted by Crippen LogP contribution is -1.94. The molecule has 0 bridgehead atoms. The van der Waals surface area contributed by atoms with Gasteiger partial charge in [0.1, 0.15) is 6.08 Å². The van der Waals surface area contributed by atoms with E-state index < -0.39 is 5.97 Å². The molecule has 0 rings (SSSR count). The van der Waals surface area contributed by atoms with Gasteiger partial charge in [-0.05, 0) is 0 Å². The zero-order valence-electron chi connectivity index (χ0n) is 5.01. The van der Waals surface area contributed by atoms with E-state index in [1.807, 2.05) is 0 Å². The molecule has 2 heteroatoms. The predicted octanol–water partition coefficient (Wildman–Crippen LogP) is 1.24. The van der Waals surface area contributed by atoms with Crippen molar-refractivity contribution >= 4 is 5.97 Å². The number of aliphatic carboxylic acids is 1. The van der Waals surface area contributed by atoms with Crippen LogP contribution in [-0.4, -0.2) is 11.1 Å². The second-order valence-electron chi connectivity index (χ2n) is 1.49. The highest BCUT2D eigenvalue weighted by molar-refractivity contribution is 5.85. The smallest absolute Gasteiger partial charge is 0.416 e. The number of hydrogen-bond acceptors (Lipinski definition) is 1. The first-order valence-corrected chi connectivity index (χ1v) is 2.38. The first kappa shape index (κ1) is 7.08. The van der Waals surface area contributed by atoms with E-state index in [-0.39, 0.29) is 0 Å². The van der Waals surface area contributed by atoms with Crippen molar-refractivity contribution in [2.45, 2.75) is 13.8 Å². The average Bonchev–Trinajstić information content (AvgIpc) is 1.67. The molecule has 44 valence electrons. The zero-order valence-corrected chi connectivity index (χ0v) is 5.01. The van der Waals surface area contributed by atoms with Crippen molar-refractivity contribution < 1.29 is 9.90 Å². The Balaban J connectivity index is 3.80. The van der Waals surface area contributed by atoms with Gasteiger partial charge in [0.25, 0.3) is 0 Å². The highest BCUT2D eigenvalue weighted by atomic mass is 16.4. The lowest BCUT2D eigenvalue weighted by Gasteiger charge is -1.77. The Morgan fingerprint density at radius 2 is 2.25 bits per heavy atom. The number of carboxylic acids is 1. The van der Waals surface area contributed by atoms with Gasteiger partial charge < -0.3 is 5.11 Å². The Bertz CT molecular complexity index is 114. The summed E-state index contributed by atoms with van der Waals surface area (Å²) in [5.74, 6) is -0.858. The summed E-state index contributed by atoms with van der Waals surface area (Å²) in [6.45, 7) is 3.34. The predicted molar refractivity (Wildman–Crippen MR) is 31.4 cm³/mol. The quantitative estimate of drug-likeness (QED) is 0.432. The molecule has 0 aliphatic carbocycles. The SMILES string of the molecule is C[CH+]/C=C(\C)C(=O)O. The van der Waals surface area contributed by atoms with Crippen LogP contribution in [0.3, 0.4) is 0 Å². The van der Waals surface area contributed by atoms with Crippen molar-refractivity contribution in [1.29, 1.82) is 0 Å². The summed E-state index contributed by atoms with van der Waals surface area (Å²) in [6, 6.07) is 0. The summed E-state index contributed by atoms with van der Waals surface area (Å²) < 4.78 is 0. The van der Waals surface area contributed by atoms with E-state index in [0.29, 0.717) is 5.57 Å². The highest BCUT2D eigenvalue weighted by Gasteiger charge is 2.05. The fourth-order valence-electron chi connectivity index (χ4n) is 0.321. The van der Waals surface area contributed by atoms with Crippen LogP contribution >= 0.6 is 0 Å². The third-order valence-corrected chi connectivity index (χ3v) is 0.754. The van der Waals surface area contributed by atoms with Gasteiger partial charge in [0.15, 0.2) is 5.57 Å². The topological polar surface area (TPSA) is 37.3 Å². The third kappa shape index (κ3) is 2.29. The number of carboxylic acid groups (broad SMARTS) is 1. The van der Waals surface area contributed by atoms with E-state index in [1.54, 1.807) is 26.3 Å². The monoisotopic (exact) mass is 113 g/mol. The van der Waals surface area contributed by atoms with Gasteiger partial charge in [0.05, 0.1) is 0 Å². The van der Waals surface area contributed by atoms with Crippen molar-refractivity contribution in [3.05, 3.63) is 18.1 Å². The van der Waals surface area contributed by atoms with Crippen molar-refractivity contribution in [2.24, 2.45) is 0 Å². The van der Waals surface area contributed by atoms with Crippen LogP contribution in [0.25, 0.3) is 0 Å². The van der Waals surface area contributed by atoms with Crippen LogP contribution in [0.4, 0.5) is 0 Å². The maximum atomic E-state index is 10.0. The molecule has 0 aromatic heterocycles. The first-order valence-electron chi connectivity index (χ1n) is 2.38. The molecule has 0 aromatic carbocycles. The van der Waals surface area contributed by atoms with Crippen molar-refractivity contribution in [2.75, 3.05) is 0 Å². The second-order valence-corrected chi connectivity index (χ2v) is 1.49. The van der Waals surface area contributed by atoms with Gasteiger partial charge in [-0.25, -0.2) is 4.79 Å². The van der Waals surface area contributed by atoms with Gasteiger partial charge in [-0.15, -0.1) is 0 Å². The minimum atomic E-state index is -0.858. The molecule has 0 saturated heterocycles. The maximum Gasteiger partial charge on any atom is 0.416 e. The zero-order chi connectivity index (χ0) is 6.57. The Hall–Kier alpha value is -0.920. The molecule has 0 aliphatic heterocycles. The van der Waals surface area contributed by atoms with Crippen LogP contribution in [0.1, 0.15) is 13.8 Å². The molecule has 0 saturated carbocycles. The lowest BCUT2D eigenvalue weighted by atomic mass is 10.2. The molecule has 1 N–H and O–H groups in total. The summed E-state index contributed by atoms with van der Waals surface area (Å²) in [7, 11) is 0. The third-order valence-electron chi connectivity index (χ3n) is 0.754. The Morgan fingerprint density at radius 3 is 2.38 bits per heavy atom. The van der Waals surface area contributed by atoms with E-state index in [9.17, 15) is 4.79 Å². The van der Waals surface area contributed by atoms with Crippen LogP contribution in [0.15, 0.2) is 11.6 Å². The molecule has 0 aliphatic rings. The molecule has 0 spiro atoms. The molecule has 0 fully saturated rings. The molecule has 0 atom stereocenters. The van der Waals surface area contributed by atoms with Crippen LogP contribution in [0.2, 0.25) is 0 Å². The molecule has 0 amide bonds. The number of hydrogen-bond donors (Lipinski definition) is 1. The number of carbonyl (C=O) groups is 1. The molecule has 0 aromatic rings. The van der Waals surface area contributed by atoms with Crippen LogP contribution in [0, 0.1) is 6.42 Å². The molecule has 0 radical (unpaired) electrons. The largest absolute Gasteiger partial charge is 0.463 e. The van der Waals surface area contributed by atoms with Crippen LogP contribution in [-0.2, 0) is 4.79 Å². The van der Waals surface area contributed by atoms with Crippen molar-refractivity contribution in [3.8, 4) is 0 Å². The van der Waals surface area contributed by atoms with Gasteiger partial charge in [-0.2, -0.15) is 0 Å². The fraction of sp³-hybridized carbons (Fsp3) is 0.333. The van der Waals surface area contributed by atoms with Gasteiger partial charge in [-0.3, -0.25) is 0 Å². The average molecular weight is 113 g/mol. The van der Waals surface area contributed by atoms with Crippen molar-refractivity contribution in [3.63, 3.8) is 0 Å². The van der Waals surface area contributed by atoms with Gasteiger partial charge >= 0.3 is 5.97 Å². The molecular formula is C6H9O2+. The number of rotatable bonds is 2. The van der Waals surface area contributed by atoms with Gasteiger partial charge in [0.2, 0.25) is 0 Å². The normalized spacial score (nSPS) is 11.0. The van der Waals surface area contributed by atoms with Gasteiger partial charge in [0, 0.05) is 20.3 Å². The Morgan fingerprint density at radius 1 is 1.75 bits per heavy atom. The second kappa shape index (κ2) is 3.13. The molecule has 2 nitrogen and oxygen atoms in total. The fourth-order valence-corrected chi connectivity index (χ4v) is 0.321. The van der Waals surface area contributed by atoms with E-state index in [1.165, 1.54) is 0 Å². The standard InChI is InChI=1S/C6H8O2/c1-3-4-5(2)6(7)8/h3-4H,1-2H3/p+1/b5-4+. The van der Waals surface area contributed by atoms with E-state index in [2.05, 4.69) is 0 Å². The molecule has 8 heavy (non-hydrogen) atoms. The van der Waals surface area contributed by atoms with Gasteiger partial charge in [-0.1, -0.05) is 0 Å². The Labute approximate surface area is 48.8 Å². The van der Waals surface area contributed by atoms with E-state index in [0.717, 1.165) is 0 Å². The summed E-state index contributed by atoms with van der Waals surface area (Å²) in [5.41, 5.74) is 0.368. The molecule has 0 heterocycles. The summed E-state index contributed by atoms with van der Waals surface area (Å²) in [4.78, 5) is 10.0. The van der Waals surface area contributed by atoms with Crippen molar-refractivity contribution in [1.82, 2.24) is 0 Å². The van der Waals surface area contributed by atoms with Crippen LogP contribution in [0.5, 0.6) is 0 Å². The molecular weight excluding hydrogens is 104 g/mol. The minimum absolute atomic E-state index is 0.368. The summed E-state index contributed by atoms with van der Waals surface area (Å²) >= 11 is 0. The van der Waals surface area contributed by atoms with E-state index >= 15 is 0 Å². The first-order chi connectivity index (χ1) is 3.68. The summed E-state index contributed by atoms with van der Waals surface area (Å²) in [5, 5.41) is 8.22. The summed E-state index contributed by atoms with van der Waals surface area (Å²) in [6.07, 6.45) is 3.26. The number of allylic oxidation sites excluding steroid dienone is 1.